The van der Waals surface area contributed by atoms with E-state index in [2.05, 4.69) is 62.6 Å². The summed E-state index contributed by atoms with van der Waals surface area (Å²) in [6, 6.07) is 8.12. The fourth-order valence-electron chi connectivity index (χ4n) is 7.22. The number of nitrogens with zero attached hydrogens (tertiary/aromatic N) is 3. The van der Waals surface area contributed by atoms with Crippen molar-refractivity contribution < 1.29 is 9.59 Å². The minimum absolute atomic E-state index is 0.0709. The fraction of sp³-hybridized carbons (Fsp3) is 0.400. The van der Waals surface area contributed by atoms with E-state index in [0.717, 1.165) is 104 Å². The maximum Gasteiger partial charge on any atom is 0.257 e. The first kappa shape index (κ1) is 27.8. The lowest BCUT2D eigenvalue weighted by Gasteiger charge is -2.40. The number of amides is 1. The molecule has 3 N–H and O–H groups in total. The number of carbonyl (C=O) groups is 2. The second-order valence-electron chi connectivity index (χ2n) is 12.8. The van der Waals surface area contributed by atoms with Gasteiger partial charge in [-0.25, -0.2) is 4.98 Å². The number of H-pyrrole nitrogens is 1. The van der Waals surface area contributed by atoms with Crippen molar-refractivity contribution in [1.82, 2.24) is 30.4 Å². The van der Waals surface area contributed by atoms with E-state index in [1.54, 1.807) is 6.20 Å². The summed E-state index contributed by atoms with van der Waals surface area (Å²) in [5.74, 6) is 0.0826. The van der Waals surface area contributed by atoms with Gasteiger partial charge in [-0.05, 0) is 93.1 Å². The van der Waals surface area contributed by atoms with Gasteiger partial charge in [0.1, 0.15) is 5.65 Å². The molecular weight excluding hydrogens is 536 g/mol. The third-order valence-corrected chi connectivity index (χ3v) is 9.86. The lowest BCUT2D eigenvalue weighted by Crippen LogP contribution is -2.43. The molecule has 0 radical (unpaired) electrons. The number of nitrogens with one attached hydrogen (secondary N) is 3. The Morgan fingerprint density at radius 3 is 2.65 bits per heavy atom. The second kappa shape index (κ2) is 11.2. The van der Waals surface area contributed by atoms with Gasteiger partial charge < -0.3 is 25.4 Å². The highest BCUT2D eigenvalue weighted by Gasteiger charge is 2.39. The van der Waals surface area contributed by atoms with E-state index >= 15 is 0 Å². The molecule has 8 heteroatoms. The van der Waals surface area contributed by atoms with Crippen LogP contribution < -0.4 is 10.6 Å². The standard InChI is InChI=1S/C35H40N6O2/c1-23-3-5-27(6-8-31(23)41-15-13-40(2)14-16-41)39-34(43)26-18-29-30(22-38-33(29)37-21-26)24-4-7-28-25(17-24)19-35(20-32(28)42)9-11-36-12-10-35/h4-8,17-18,21-22,36H,3,9-16,19-20H2,1-2H3,(H,37,38)(H,39,43). The summed E-state index contributed by atoms with van der Waals surface area (Å²) in [4.78, 5) is 39.2. The molecule has 2 aromatic heterocycles. The highest BCUT2D eigenvalue weighted by Crippen LogP contribution is 2.43. The van der Waals surface area contributed by atoms with Crippen LogP contribution in [0.5, 0.6) is 0 Å². The molecule has 43 heavy (non-hydrogen) atoms. The van der Waals surface area contributed by atoms with Crippen molar-refractivity contribution in [3.63, 3.8) is 0 Å². The first-order chi connectivity index (χ1) is 20.9. The number of rotatable bonds is 4. The molecule has 0 bridgehead atoms. The molecule has 2 saturated heterocycles. The van der Waals surface area contributed by atoms with Gasteiger partial charge in [0.15, 0.2) is 5.78 Å². The van der Waals surface area contributed by atoms with E-state index in [0.29, 0.717) is 12.0 Å². The number of fused-ring (bicyclic) bond motifs is 2. The Bertz CT molecular complexity index is 1680. The normalized spacial score (nSPS) is 20.7. The monoisotopic (exact) mass is 576 g/mol. The average Bonchev–Trinajstić information content (AvgIpc) is 3.35. The number of allylic oxidation sites excluding steroid dienone is 4. The van der Waals surface area contributed by atoms with Crippen molar-refractivity contribution >= 4 is 22.7 Å². The number of aromatic amines is 1. The molecule has 222 valence electrons. The molecule has 4 aliphatic rings. The van der Waals surface area contributed by atoms with E-state index < -0.39 is 0 Å². The summed E-state index contributed by atoms with van der Waals surface area (Å²) in [6.07, 6.45) is 14.3. The Labute approximate surface area is 252 Å². The van der Waals surface area contributed by atoms with Crippen LogP contribution in [0.3, 0.4) is 0 Å². The van der Waals surface area contributed by atoms with Gasteiger partial charge in [-0.1, -0.05) is 24.3 Å². The van der Waals surface area contributed by atoms with E-state index in [4.69, 9.17) is 0 Å². The zero-order chi connectivity index (χ0) is 29.6. The average molecular weight is 577 g/mol. The molecule has 1 amide bonds. The highest BCUT2D eigenvalue weighted by molar-refractivity contribution is 6.03. The number of carbonyl (C=O) groups excluding carboxylic acids is 2. The molecule has 0 unspecified atom stereocenters. The molecule has 1 aromatic carbocycles. The van der Waals surface area contributed by atoms with Crippen LogP contribution >= 0.6 is 0 Å². The molecule has 1 spiro atoms. The van der Waals surface area contributed by atoms with Gasteiger partial charge in [-0.3, -0.25) is 9.59 Å². The Kier molecular flexibility index (Phi) is 7.27. The molecule has 2 aliphatic carbocycles. The maximum atomic E-state index is 13.4. The summed E-state index contributed by atoms with van der Waals surface area (Å²) in [7, 11) is 2.17. The van der Waals surface area contributed by atoms with Gasteiger partial charge in [-0.15, -0.1) is 0 Å². The van der Waals surface area contributed by atoms with E-state index in [1.165, 1.54) is 11.3 Å². The minimum atomic E-state index is -0.179. The van der Waals surface area contributed by atoms with Gasteiger partial charge in [0.05, 0.1) is 5.56 Å². The Morgan fingerprint density at radius 2 is 1.84 bits per heavy atom. The first-order valence-corrected chi connectivity index (χ1v) is 15.5. The van der Waals surface area contributed by atoms with Crippen molar-refractivity contribution in [3.8, 4) is 11.1 Å². The largest absolute Gasteiger partial charge is 0.369 e. The van der Waals surface area contributed by atoms with Crippen LogP contribution in [0, 0.1) is 5.41 Å². The van der Waals surface area contributed by atoms with Crippen molar-refractivity contribution in [1.29, 1.82) is 0 Å². The quantitative estimate of drug-likeness (QED) is 0.412. The number of hydrogen-bond acceptors (Lipinski definition) is 6. The summed E-state index contributed by atoms with van der Waals surface area (Å²) in [5.41, 5.74) is 8.70. The fourth-order valence-corrected chi connectivity index (χ4v) is 7.22. The van der Waals surface area contributed by atoms with Gasteiger partial charge in [-0.2, -0.15) is 0 Å². The third kappa shape index (κ3) is 5.45. The Hall–Kier alpha value is -4.01. The molecular formula is C35H40N6O2. The van der Waals surface area contributed by atoms with Crippen molar-refractivity contribution in [2.45, 2.75) is 39.0 Å². The molecule has 2 aliphatic heterocycles. The maximum absolute atomic E-state index is 13.4. The molecule has 2 fully saturated rings. The van der Waals surface area contributed by atoms with Crippen molar-refractivity contribution in [3.05, 3.63) is 88.5 Å². The number of likely N-dealkylation sites (N-methyl/N-ethyl adjacent to an activating group) is 1. The van der Waals surface area contributed by atoms with Gasteiger partial charge >= 0.3 is 0 Å². The molecule has 3 aromatic rings. The minimum Gasteiger partial charge on any atom is -0.369 e. The molecule has 4 heterocycles. The molecule has 7 rings (SSSR count). The number of piperidine rings is 1. The van der Waals surface area contributed by atoms with Crippen LogP contribution in [0.2, 0.25) is 0 Å². The Balaban J connectivity index is 1.11. The summed E-state index contributed by atoms with van der Waals surface area (Å²) < 4.78 is 0. The first-order valence-electron chi connectivity index (χ1n) is 15.5. The van der Waals surface area contributed by atoms with Crippen LogP contribution in [0.15, 0.2) is 71.9 Å². The van der Waals surface area contributed by atoms with Gasteiger partial charge in [0.25, 0.3) is 5.91 Å². The third-order valence-electron chi connectivity index (χ3n) is 9.86. The number of Topliss-reactive ketones (excluding diaryl/α,β-unsaturated/α-hetero) is 1. The summed E-state index contributed by atoms with van der Waals surface area (Å²) in [6.45, 7) is 8.26. The van der Waals surface area contributed by atoms with Gasteiger partial charge in [0.2, 0.25) is 0 Å². The number of piperazine rings is 1. The number of aromatic nitrogens is 2. The van der Waals surface area contributed by atoms with Crippen LogP contribution in [-0.2, 0) is 6.42 Å². The van der Waals surface area contributed by atoms with Crippen LogP contribution in [0.1, 0.15) is 58.9 Å². The molecule has 8 nitrogen and oxygen atoms in total. The van der Waals surface area contributed by atoms with Crippen LogP contribution in [0.25, 0.3) is 22.2 Å². The number of ketones is 1. The Morgan fingerprint density at radius 1 is 1.02 bits per heavy atom. The zero-order valence-corrected chi connectivity index (χ0v) is 25.1. The van der Waals surface area contributed by atoms with E-state index in [9.17, 15) is 9.59 Å². The lowest BCUT2D eigenvalue weighted by atomic mass is 9.66. The predicted octanol–water partition coefficient (Wildman–Crippen LogP) is 4.82. The van der Waals surface area contributed by atoms with Crippen molar-refractivity contribution in [2.75, 3.05) is 46.3 Å². The number of pyridine rings is 1. The van der Waals surface area contributed by atoms with E-state index in [-0.39, 0.29) is 17.1 Å². The second-order valence-corrected chi connectivity index (χ2v) is 12.8. The predicted molar refractivity (Wildman–Crippen MR) is 170 cm³/mol. The van der Waals surface area contributed by atoms with Crippen LogP contribution in [-0.4, -0.2) is 77.8 Å². The number of hydrogen-bond donors (Lipinski definition) is 3. The highest BCUT2D eigenvalue weighted by atomic mass is 16.1. The number of benzene rings is 1. The molecule has 0 atom stereocenters. The van der Waals surface area contributed by atoms with Crippen molar-refractivity contribution in [2.24, 2.45) is 5.41 Å². The lowest BCUT2D eigenvalue weighted by molar-refractivity contribution is 0.0835. The van der Waals surface area contributed by atoms with Crippen LogP contribution in [0.4, 0.5) is 0 Å². The zero-order valence-electron chi connectivity index (χ0n) is 25.1. The summed E-state index contributed by atoms with van der Waals surface area (Å²) >= 11 is 0. The SMILES string of the molecule is CC1=C(N2CCN(C)CC2)C=CC(NC(=O)c2cnc3[nH]cc(-c4ccc5c(c4)CC4(CCNCC4)CC5=O)c3c2)=CC1. The smallest absolute Gasteiger partial charge is 0.257 e. The molecule has 0 saturated carbocycles. The summed E-state index contributed by atoms with van der Waals surface area (Å²) in [5, 5.41) is 7.45. The van der Waals surface area contributed by atoms with Gasteiger partial charge in [0, 0.05) is 72.9 Å². The van der Waals surface area contributed by atoms with E-state index in [1.807, 2.05) is 30.5 Å². The topological polar surface area (TPSA) is 93.4 Å².